The largest absolute Gasteiger partial charge is 0.319 e. The number of nitrogens with one attached hydrogen (secondary N) is 1. The maximum atomic E-state index is 12.5. The van der Waals surface area contributed by atoms with E-state index in [-0.39, 0.29) is 15.8 Å². The third-order valence-electron chi connectivity index (χ3n) is 3.49. The average molecular weight is 334 g/mol. The molecule has 0 radical (unpaired) electrons. The summed E-state index contributed by atoms with van der Waals surface area (Å²) in [5, 5.41) is 13.8. The van der Waals surface area contributed by atoms with Crippen molar-refractivity contribution >= 4 is 27.3 Å². The van der Waals surface area contributed by atoms with Crippen LogP contribution in [0.5, 0.6) is 0 Å². The zero-order valence-corrected chi connectivity index (χ0v) is 13.0. The third kappa shape index (κ3) is 3.34. The molecule has 0 bridgehead atoms. The van der Waals surface area contributed by atoms with Crippen LogP contribution in [0.3, 0.4) is 0 Å². The fourth-order valence-corrected chi connectivity index (χ4v) is 4.15. The summed E-state index contributed by atoms with van der Waals surface area (Å²) in [6.07, 6.45) is 0.774. The second-order valence-electron chi connectivity index (χ2n) is 4.95. The molecule has 1 unspecified atom stereocenters. The predicted octanol–water partition coefficient (Wildman–Crippen LogP) is 1.48. The summed E-state index contributed by atoms with van der Waals surface area (Å²) in [5.74, 6) is 0.257. The SMILES string of the molecule is CNCC1CCN(S(=O)(=O)c2ccc(Cl)c([N+](=O)[O-])c2)C1. The normalized spacial score (nSPS) is 19.8. The number of sulfonamides is 1. The quantitative estimate of drug-likeness (QED) is 0.650. The first-order valence-electron chi connectivity index (χ1n) is 6.45. The smallest absolute Gasteiger partial charge is 0.289 e. The van der Waals surface area contributed by atoms with E-state index in [1.54, 1.807) is 0 Å². The Labute approximate surface area is 128 Å². The van der Waals surface area contributed by atoms with E-state index in [2.05, 4.69) is 5.32 Å². The lowest BCUT2D eigenvalue weighted by atomic mass is 10.1. The van der Waals surface area contributed by atoms with Gasteiger partial charge in [0.2, 0.25) is 10.0 Å². The summed E-state index contributed by atoms with van der Waals surface area (Å²) in [6.45, 7) is 1.58. The van der Waals surface area contributed by atoms with Gasteiger partial charge in [-0.1, -0.05) is 11.6 Å². The first-order chi connectivity index (χ1) is 9.86. The van der Waals surface area contributed by atoms with E-state index < -0.39 is 20.6 Å². The van der Waals surface area contributed by atoms with Crippen molar-refractivity contribution < 1.29 is 13.3 Å². The summed E-state index contributed by atoms with van der Waals surface area (Å²) in [4.78, 5) is 10.1. The number of benzene rings is 1. The molecule has 1 aliphatic rings. The molecule has 2 rings (SSSR count). The van der Waals surface area contributed by atoms with Crippen LogP contribution in [0.25, 0.3) is 0 Å². The summed E-state index contributed by atoms with van der Waals surface area (Å²) < 4.78 is 26.4. The molecule has 0 saturated carbocycles. The van der Waals surface area contributed by atoms with Crippen molar-refractivity contribution in [2.45, 2.75) is 11.3 Å². The minimum absolute atomic E-state index is 0.0755. The van der Waals surface area contributed by atoms with Crippen LogP contribution in [0.1, 0.15) is 6.42 Å². The van der Waals surface area contributed by atoms with Crippen LogP contribution in [0.4, 0.5) is 5.69 Å². The summed E-state index contributed by atoms with van der Waals surface area (Å²) in [6, 6.07) is 3.56. The Morgan fingerprint density at radius 1 is 1.52 bits per heavy atom. The first kappa shape index (κ1) is 16.2. The van der Waals surface area contributed by atoms with Crippen LogP contribution < -0.4 is 5.32 Å². The molecule has 116 valence electrons. The summed E-state index contributed by atoms with van der Waals surface area (Å²) in [7, 11) is -1.90. The van der Waals surface area contributed by atoms with Crippen molar-refractivity contribution in [3.8, 4) is 0 Å². The Balaban J connectivity index is 2.28. The molecule has 0 spiro atoms. The molecule has 1 aliphatic heterocycles. The van der Waals surface area contributed by atoms with Crippen LogP contribution in [-0.2, 0) is 10.0 Å². The molecule has 1 N–H and O–H groups in total. The van der Waals surface area contributed by atoms with Crippen molar-refractivity contribution in [2.24, 2.45) is 5.92 Å². The van der Waals surface area contributed by atoms with E-state index in [9.17, 15) is 18.5 Å². The van der Waals surface area contributed by atoms with Crippen LogP contribution in [-0.4, -0.2) is 44.3 Å². The van der Waals surface area contributed by atoms with Crippen LogP contribution in [0, 0.1) is 16.0 Å². The van der Waals surface area contributed by atoms with E-state index >= 15 is 0 Å². The van der Waals surface area contributed by atoms with Gasteiger partial charge >= 0.3 is 0 Å². The Morgan fingerprint density at radius 2 is 2.24 bits per heavy atom. The van der Waals surface area contributed by atoms with E-state index in [0.29, 0.717) is 13.1 Å². The summed E-state index contributed by atoms with van der Waals surface area (Å²) >= 11 is 5.71. The molecule has 1 aromatic carbocycles. The van der Waals surface area contributed by atoms with Crippen LogP contribution in [0.15, 0.2) is 23.1 Å². The number of halogens is 1. The highest BCUT2D eigenvalue weighted by Gasteiger charge is 2.33. The zero-order valence-electron chi connectivity index (χ0n) is 11.5. The maximum Gasteiger partial charge on any atom is 0.289 e. The molecule has 0 amide bonds. The molecule has 1 saturated heterocycles. The highest BCUT2D eigenvalue weighted by Crippen LogP contribution is 2.30. The van der Waals surface area contributed by atoms with Gasteiger partial charge in [-0.05, 0) is 38.1 Å². The lowest BCUT2D eigenvalue weighted by molar-refractivity contribution is -0.384. The van der Waals surface area contributed by atoms with Gasteiger partial charge in [-0.25, -0.2) is 8.42 Å². The fraction of sp³-hybridized carbons (Fsp3) is 0.500. The number of nitrogens with zero attached hydrogens (tertiary/aromatic N) is 2. The van der Waals surface area contributed by atoms with Crippen molar-refractivity contribution in [1.82, 2.24) is 9.62 Å². The van der Waals surface area contributed by atoms with Gasteiger partial charge in [-0.2, -0.15) is 4.31 Å². The number of hydrogen-bond donors (Lipinski definition) is 1. The van der Waals surface area contributed by atoms with Gasteiger partial charge in [-0.15, -0.1) is 0 Å². The summed E-state index contributed by atoms with van der Waals surface area (Å²) in [5.41, 5.74) is -0.399. The topological polar surface area (TPSA) is 92.6 Å². The molecule has 1 heterocycles. The van der Waals surface area contributed by atoms with Gasteiger partial charge in [0.25, 0.3) is 5.69 Å². The van der Waals surface area contributed by atoms with E-state index in [0.717, 1.165) is 19.0 Å². The second-order valence-corrected chi connectivity index (χ2v) is 7.29. The van der Waals surface area contributed by atoms with Crippen molar-refractivity contribution in [3.63, 3.8) is 0 Å². The number of nitro benzene ring substituents is 1. The lowest BCUT2D eigenvalue weighted by Crippen LogP contribution is -2.30. The van der Waals surface area contributed by atoms with E-state index in [1.807, 2.05) is 7.05 Å². The van der Waals surface area contributed by atoms with Gasteiger partial charge < -0.3 is 5.32 Å². The minimum Gasteiger partial charge on any atom is -0.319 e. The molecular weight excluding hydrogens is 318 g/mol. The molecule has 0 aromatic heterocycles. The molecule has 1 fully saturated rings. The average Bonchev–Trinajstić information content (AvgIpc) is 2.88. The molecule has 21 heavy (non-hydrogen) atoms. The minimum atomic E-state index is -3.72. The molecule has 1 atom stereocenters. The molecule has 7 nitrogen and oxygen atoms in total. The Bertz CT molecular complexity index is 650. The van der Waals surface area contributed by atoms with E-state index in [1.165, 1.54) is 16.4 Å². The molecule has 1 aromatic rings. The van der Waals surface area contributed by atoms with Crippen molar-refractivity contribution in [3.05, 3.63) is 33.3 Å². The van der Waals surface area contributed by atoms with Gasteiger partial charge in [0, 0.05) is 19.2 Å². The Kier molecular flexibility index (Phi) is 4.82. The second kappa shape index (κ2) is 6.27. The van der Waals surface area contributed by atoms with Gasteiger partial charge in [-0.3, -0.25) is 10.1 Å². The number of rotatable bonds is 5. The van der Waals surface area contributed by atoms with Gasteiger partial charge in [0.15, 0.2) is 0 Å². The highest BCUT2D eigenvalue weighted by molar-refractivity contribution is 7.89. The highest BCUT2D eigenvalue weighted by atomic mass is 35.5. The number of hydrogen-bond acceptors (Lipinski definition) is 5. The molecule has 9 heteroatoms. The van der Waals surface area contributed by atoms with Crippen molar-refractivity contribution in [1.29, 1.82) is 0 Å². The predicted molar refractivity (Wildman–Crippen MR) is 78.9 cm³/mol. The van der Waals surface area contributed by atoms with Gasteiger partial charge in [0.05, 0.1) is 9.82 Å². The monoisotopic (exact) mass is 333 g/mol. The van der Waals surface area contributed by atoms with Crippen LogP contribution in [0.2, 0.25) is 5.02 Å². The molecular formula is C12H16ClN3O4S. The lowest BCUT2D eigenvalue weighted by Gasteiger charge is -2.16. The first-order valence-corrected chi connectivity index (χ1v) is 8.26. The molecule has 0 aliphatic carbocycles. The van der Waals surface area contributed by atoms with Crippen LogP contribution >= 0.6 is 11.6 Å². The third-order valence-corrected chi connectivity index (χ3v) is 5.67. The zero-order chi connectivity index (χ0) is 15.6. The van der Waals surface area contributed by atoms with E-state index in [4.69, 9.17) is 11.6 Å². The fourth-order valence-electron chi connectivity index (χ4n) is 2.41. The van der Waals surface area contributed by atoms with Gasteiger partial charge in [0.1, 0.15) is 5.02 Å². The standard InChI is InChI=1S/C12H16ClN3O4S/c1-14-7-9-4-5-15(8-9)21(19,20)10-2-3-11(13)12(6-10)16(17)18/h2-3,6,9,14H,4-5,7-8H2,1H3. The Hall–Kier alpha value is -1.22. The number of nitro groups is 1. The van der Waals surface area contributed by atoms with Crippen molar-refractivity contribution in [2.75, 3.05) is 26.7 Å². The maximum absolute atomic E-state index is 12.5. The Morgan fingerprint density at radius 3 is 2.86 bits per heavy atom.